The Morgan fingerprint density at radius 3 is 2.80 bits per heavy atom. The Bertz CT molecular complexity index is 207. The molecule has 0 saturated heterocycles. The fourth-order valence-electron chi connectivity index (χ4n) is 0.764. The Hall–Kier alpha value is -0.960. The average Bonchev–Trinajstić information content (AvgIpc) is 2.34. The van der Waals surface area contributed by atoms with Gasteiger partial charge in [0.05, 0.1) is 11.7 Å². The fraction of sp³-hybridized carbons (Fsp3) is 0.429. The number of rotatable bonds is 2. The third kappa shape index (κ3) is 1.30. The first-order valence-corrected chi connectivity index (χ1v) is 3.33. The molecule has 1 aromatic rings. The lowest BCUT2D eigenvalue weighted by Gasteiger charge is -2.01. The van der Waals surface area contributed by atoms with Crippen molar-refractivity contribution in [2.24, 2.45) is 5.73 Å². The lowest BCUT2D eigenvalue weighted by Crippen LogP contribution is -2.06. The van der Waals surface area contributed by atoms with Gasteiger partial charge in [-0.2, -0.15) is 0 Å². The molecular formula is C7H12N2O. The van der Waals surface area contributed by atoms with Gasteiger partial charge in [0.15, 0.2) is 0 Å². The molecule has 0 radical (unpaired) electrons. The van der Waals surface area contributed by atoms with E-state index in [2.05, 4.69) is 0 Å². The summed E-state index contributed by atoms with van der Waals surface area (Å²) in [5, 5.41) is 0. The standard InChI is InChI=1S/C7H12N2O/c1-2-6(9)7-3-5(8)4-10-7/h3-4,6H,2,8-9H2,1H3/t6-/m1/s1. The lowest BCUT2D eigenvalue weighted by molar-refractivity contribution is 0.460. The number of anilines is 1. The maximum atomic E-state index is 5.66. The fourth-order valence-corrected chi connectivity index (χ4v) is 0.764. The minimum atomic E-state index is -0.0164. The van der Waals surface area contributed by atoms with Gasteiger partial charge in [0.1, 0.15) is 12.0 Å². The molecule has 10 heavy (non-hydrogen) atoms. The number of nitrogens with two attached hydrogens (primary N) is 2. The first kappa shape index (κ1) is 7.15. The van der Waals surface area contributed by atoms with Crippen molar-refractivity contribution in [3.05, 3.63) is 18.1 Å². The van der Waals surface area contributed by atoms with Crippen LogP contribution in [0.4, 0.5) is 5.69 Å². The van der Waals surface area contributed by atoms with Gasteiger partial charge < -0.3 is 15.9 Å². The van der Waals surface area contributed by atoms with Crippen molar-refractivity contribution in [2.45, 2.75) is 19.4 Å². The largest absolute Gasteiger partial charge is 0.465 e. The minimum Gasteiger partial charge on any atom is -0.465 e. The minimum absolute atomic E-state index is 0.0164. The van der Waals surface area contributed by atoms with Crippen LogP contribution < -0.4 is 11.5 Å². The molecule has 4 N–H and O–H groups in total. The molecule has 0 aromatic carbocycles. The van der Waals surface area contributed by atoms with E-state index in [-0.39, 0.29) is 6.04 Å². The third-order valence-corrected chi connectivity index (χ3v) is 1.45. The number of hydrogen-bond acceptors (Lipinski definition) is 3. The van der Waals surface area contributed by atoms with Crippen molar-refractivity contribution in [1.29, 1.82) is 0 Å². The van der Waals surface area contributed by atoms with Crippen molar-refractivity contribution in [3.63, 3.8) is 0 Å². The Balaban J connectivity index is 2.74. The van der Waals surface area contributed by atoms with E-state index in [1.54, 1.807) is 6.07 Å². The Kier molecular flexibility index (Phi) is 1.97. The summed E-state index contributed by atoms with van der Waals surface area (Å²) in [6.45, 7) is 2.00. The predicted octanol–water partition coefficient (Wildman–Crippen LogP) is 1.27. The lowest BCUT2D eigenvalue weighted by atomic mass is 10.2. The molecule has 3 heteroatoms. The highest BCUT2D eigenvalue weighted by Crippen LogP contribution is 2.17. The average molecular weight is 140 g/mol. The van der Waals surface area contributed by atoms with Gasteiger partial charge in [-0.05, 0) is 6.42 Å². The van der Waals surface area contributed by atoms with Gasteiger partial charge in [-0.1, -0.05) is 6.92 Å². The van der Waals surface area contributed by atoms with E-state index < -0.39 is 0 Å². The van der Waals surface area contributed by atoms with Gasteiger partial charge >= 0.3 is 0 Å². The topological polar surface area (TPSA) is 65.2 Å². The summed E-state index contributed by atoms with van der Waals surface area (Å²) in [6, 6.07) is 1.74. The molecule has 56 valence electrons. The molecule has 0 aliphatic heterocycles. The van der Waals surface area contributed by atoms with Crippen LogP contribution in [0, 0.1) is 0 Å². The van der Waals surface area contributed by atoms with E-state index in [1.165, 1.54) is 6.26 Å². The van der Waals surface area contributed by atoms with Gasteiger partial charge in [-0.25, -0.2) is 0 Å². The van der Waals surface area contributed by atoms with Crippen molar-refractivity contribution >= 4 is 5.69 Å². The highest BCUT2D eigenvalue weighted by molar-refractivity contribution is 5.35. The predicted molar refractivity (Wildman–Crippen MR) is 40.3 cm³/mol. The Morgan fingerprint density at radius 2 is 2.40 bits per heavy atom. The smallest absolute Gasteiger partial charge is 0.122 e. The van der Waals surface area contributed by atoms with E-state index in [4.69, 9.17) is 15.9 Å². The monoisotopic (exact) mass is 140 g/mol. The molecule has 0 fully saturated rings. The zero-order valence-electron chi connectivity index (χ0n) is 6.00. The highest BCUT2D eigenvalue weighted by Gasteiger charge is 2.06. The van der Waals surface area contributed by atoms with Crippen LogP contribution in [0.1, 0.15) is 25.1 Å². The summed E-state index contributed by atoms with van der Waals surface area (Å²) < 4.78 is 5.07. The second kappa shape index (κ2) is 2.75. The molecule has 0 amide bonds. The van der Waals surface area contributed by atoms with Gasteiger partial charge in [-0.15, -0.1) is 0 Å². The van der Waals surface area contributed by atoms with Crippen LogP contribution >= 0.6 is 0 Å². The number of hydrogen-bond donors (Lipinski definition) is 2. The summed E-state index contributed by atoms with van der Waals surface area (Å²) in [7, 11) is 0. The van der Waals surface area contributed by atoms with Crippen LogP contribution in [0.15, 0.2) is 16.7 Å². The van der Waals surface area contributed by atoms with Crippen molar-refractivity contribution < 1.29 is 4.42 Å². The number of nitrogen functional groups attached to an aromatic ring is 1. The van der Waals surface area contributed by atoms with E-state index in [0.29, 0.717) is 5.69 Å². The van der Waals surface area contributed by atoms with Gasteiger partial charge in [0.2, 0.25) is 0 Å². The summed E-state index contributed by atoms with van der Waals surface area (Å²) in [6.07, 6.45) is 2.37. The molecular weight excluding hydrogens is 128 g/mol. The summed E-state index contributed by atoms with van der Waals surface area (Å²) >= 11 is 0. The normalized spacial score (nSPS) is 13.4. The molecule has 3 nitrogen and oxygen atoms in total. The molecule has 1 aromatic heterocycles. The third-order valence-electron chi connectivity index (χ3n) is 1.45. The molecule has 0 aliphatic rings. The van der Waals surface area contributed by atoms with Crippen LogP contribution in [0.2, 0.25) is 0 Å². The summed E-state index contributed by atoms with van der Waals surface area (Å²) in [4.78, 5) is 0. The van der Waals surface area contributed by atoms with Gasteiger partial charge in [-0.3, -0.25) is 0 Å². The second-order valence-electron chi connectivity index (χ2n) is 2.30. The molecule has 0 bridgehead atoms. The van der Waals surface area contributed by atoms with Gasteiger partial charge in [0, 0.05) is 6.07 Å². The number of furan rings is 1. The highest BCUT2D eigenvalue weighted by atomic mass is 16.3. The van der Waals surface area contributed by atoms with Crippen molar-refractivity contribution in [3.8, 4) is 0 Å². The maximum absolute atomic E-state index is 5.66. The molecule has 1 heterocycles. The van der Waals surface area contributed by atoms with Crippen molar-refractivity contribution in [1.82, 2.24) is 0 Å². The van der Waals surface area contributed by atoms with E-state index in [1.807, 2.05) is 6.92 Å². The maximum Gasteiger partial charge on any atom is 0.122 e. The first-order valence-electron chi connectivity index (χ1n) is 3.33. The summed E-state index contributed by atoms with van der Waals surface area (Å²) in [5.41, 5.74) is 11.7. The van der Waals surface area contributed by atoms with E-state index in [0.717, 1.165) is 12.2 Å². The van der Waals surface area contributed by atoms with Crippen LogP contribution in [-0.4, -0.2) is 0 Å². The molecule has 0 saturated carbocycles. The quantitative estimate of drug-likeness (QED) is 0.650. The molecule has 1 rings (SSSR count). The van der Waals surface area contributed by atoms with E-state index >= 15 is 0 Å². The zero-order valence-corrected chi connectivity index (χ0v) is 6.00. The molecule has 0 unspecified atom stereocenters. The molecule has 0 spiro atoms. The summed E-state index contributed by atoms with van der Waals surface area (Å²) in [5.74, 6) is 0.764. The van der Waals surface area contributed by atoms with Crippen LogP contribution in [0.5, 0.6) is 0 Å². The van der Waals surface area contributed by atoms with Crippen molar-refractivity contribution in [2.75, 3.05) is 5.73 Å². The van der Waals surface area contributed by atoms with Crippen LogP contribution in [0.25, 0.3) is 0 Å². The zero-order chi connectivity index (χ0) is 7.56. The van der Waals surface area contributed by atoms with Crippen LogP contribution in [0.3, 0.4) is 0 Å². The van der Waals surface area contributed by atoms with Crippen LogP contribution in [-0.2, 0) is 0 Å². The SMILES string of the molecule is CC[C@@H](N)c1cc(N)co1. The Morgan fingerprint density at radius 1 is 1.70 bits per heavy atom. The van der Waals surface area contributed by atoms with E-state index in [9.17, 15) is 0 Å². The Labute approximate surface area is 60.0 Å². The molecule has 1 atom stereocenters. The molecule has 0 aliphatic carbocycles. The first-order chi connectivity index (χ1) is 4.74. The second-order valence-corrected chi connectivity index (χ2v) is 2.30. The van der Waals surface area contributed by atoms with Gasteiger partial charge in [0.25, 0.3) is 0 Å².